The number of para-hydroxylation sites is 1. The number of amides is 2. The van der Waals surface area contributed by atoms with Crippen LogP contribution in [0.15, 0.2) is 42.5 Å². The van der Waals surface area contributed by atoms with Crippen LogP contribution in [0.1, 0.15) is 5.56 Å². The van der Waals surface area contributed by atoms with E-state index in [9.17, 15) is 9.18 Å². The van der Waals surface area contributed by atoms with Crippen molar-refractivity contribution >= 4 is 23.3 Å². The molecule has 0 spiro atoms. The van der Waals surface area contributed by atoms with E-state index in [4.69, 9.17) is 16.3 Å². The lowest BCUT2D eigenvalue weighted by Gasteiger charge is -2.11. The molecule has 6 heteroatoms. The first-order valence-electron chi connectivity index (χ1n) is 6.74. The van der Waals surface area contributed by atoms with Crippen LogP contribution in [0.5, 0.6) is 5.75 Å². The van der Waals surface area contributed by atoms with Crippen molar-refractivity contribution in [3.63, 3.8) is 0 Å². The Bertz CT molecular complexity index is 664. The minimum Gasteiger partial charge on any atom is -0.490 e. The van der Waals surface area contributed by atoms with E-state index < -0.39 is 5.82 Å². The van der Waals surface area contributed by atoms with Crippen molar-refractivity contribution in [2.24, 2.45) is 0 Å². The van der Waals surface area contributed by atoms with Gasteiger partial charge < -0.3 is 15.4 Å². The van der Waals surface area contributed by atoms with Gasteiger partial charge in [0.1, 0.15) is 18.2 Å². The van der Waals surface area contributed by atoms with Gasteiger partial charge in [-0.2, -0.15) is 0 Å². The number of anilines is 1. The Kier molecular flexibility index (Phi) is 5.61. The van der Waals surface area contributed by atoms with Crippen molar-refractivity contribution in [2.45, 2.75) is 6.92 Å². The SMILES string of the molecule is Cc1ccccc1NC(=O)NCCOc1ccc(F)cc1Cl. The number of hydrogen-bond donors (Lipinski definition) is 2. The van der Waals surface area contributed by atoms with Crippen molar-refractivity contribution in [2.75, 3.05) is 18.5 Å². The van der Waals surface area contributed by atoms with Crippen LogP contribution in [0.3, 0.4) is 0 Å². The smallest absolute Gasteiger partial charge is 0.319 e. The van der Waals surface area contributed by atoms with Crippen molar-refractivity contribution in [1.29, 1.82) is 0 Å². The van der Waals surface area contributed by atoms with E-state index in [0.29, 0.717) is 12.3 Å². The summed E-state index contributed by atoms with van der Waals surface area (Å²) in [5.41, 5.74) is 1.73. The van der Waals surface area contributed by atoms with Crippen molar-refractivity contribution in [1.82, 2.24) is 5.32 Å². The number of carbonyl (C=O) groups excluding carboxylic acids is 1. The van der Waals surface area contributed by atoms with Gasteiger partial charge in [-0.1, -0.05) is 29.8 Å². The third kappa shape index (κ3) is 4.63. The number of aryl methyl sites for hydroxylation is 1. The van der Waals surface area contributed by atoms with E-state index in [-0.39, 0.29) is 17.7 Å². The first kappa shape index (κ1) is 16.1. The molecule has 2 aromatic carbocycles. The molecule has 2 N–H and O–H groups in total. The van der Waals surface area contributed by atoms with Crippen LogP contribution in [0, 0.1) is 12.7 Å². The maximum Gasteiger partial charge on any atom is 0.319 e. The molecule has 2 rings (SSSR count). The predicted molar refractivity (Wildman–Crippen MR) is 85.1 cm³/mol. The maximum absolute atomic E-state index is 12.9. The normalized spacial score (nSPS) is 10.1. The standard InChI is InChI=1S/C16H16ClFN2O2/c1-11-4-2-3-5-14(11)20-16(21)19-8-9-22-15-7-6-12(18)10-13(15)17/h2-7,10H,8-9H2,1H3,(H2,19,20,21). The van der Waals surface area contributed by atoms with Crippen LogP contribution < -0.4 is 15.4 Å². The van der Waals surface area contributed by atoms with E-state index in [0.717, 1.165) is 11.3 Å². The molecule has 0 radical (unpaired) electrons. The Morgan fingerprint density at radius 3 is 2.77 bits per heavy atom. The van der Waals surface area contributed by atoms with Gasteiger partial charge in [0, 0.05) is 5.69 Å². The van der Waals surface area contributed by atoms with Crippen LogP contribution in [-0.2, 0) is 0 Å². The molecule has 0 unspecified atom stereocenters. The second-order valence-corrected chi connectivity index (χ2v) is 5.03. The number of halogens is 2. The summed E-state index contributed by atoms with van der Waals surface area (Å²) in [5, 5.41) is 5.61. The fraction of sp³-hybridized carbons (Fsp3) is 0.188. The fourth-order valence-electron chi connectivity index (χ4n) is 1.80. The molecule has 116 valence electrons. The van der Waals surface area contributed by atoms with Crippen LogP contribution >= 0.6 is 11.6 Å². The summed E-state index contributed by atoms with van der Waals surface area (Å²) in [4.78, 5) is 11.7. The molecule has 0 fully saturated rings. The maximum atomic E-state index is 12.9. The highest BCUT2D eigenvalue weighted by Gasteiger charge is 2.05. The van der Waals surface area contributed by atoms with Gasteiger partial charge in [-0.3, -0.25) is 0 Å². The lowest BCUT2D eigenvalue weighted by molar-refractivity contribution is 0.247. The lowest BCUT2D eigenvalue weighted by Crippen LogP contribution is -2.32. The number of urea groups is 1. The van der Waals surface area contributed by atoms with Gasteiger partial charge in [0.15, 0.2) is 0 Å². The Balaban J connectivity index is 1.74. The average Bonchev–Trinajstić information content (AvgIpc) is 2.48. The average molecular weight is 323 g/mol. The van der Waals surface area contributed by atoms with Gasteiger partial charge in [0.2, 0.25) is 0 Å². The summed E-state index contributed by atoms with van der Waals surface area (Å²) in [5.74, 6) is -0.0442. The molecule has 0 saturated carbocycles. The lowest BCUT2D eigenvalue weighted by atomic mass is 10.2. The fourth-order valence-corrected chi connectivity index (χ4v) is 2.02. The van der Waals surface area contributed by atoms with Gasteiger partial charge >= 0.3 is 6.03 Å². The van der Waals surface area contributed by atoms with E-state index in [1.54, 1.807) is 0 Å². The van der Waals surface area contributed by atoms with E-state index >= 15 is 0 Å². The summed E-state index contributed by atoms with van der Waals surface area (Å²) in [6, 6.07) is 11.1. The molecule has 4 nitrogen and oxygen atoms in total. The topological polar surface area (TPSA) is 50.4 Å². The van der Waals surface area contributed by atoms with Crippen LogP contribution in [-0.4, -0.2) is 19.2 Å². The molecule has 0 atom stereocenters. The highest BCUT2D eigenvalue weighted by molar-refractivity contribution is 6.32. The molecule has 2 aromatic rings. The zero-order valence-corrected chi connectivity index (χ0v) is 12.8. The quantitative estimate of drug-likeness (QED) is 0.818. The van der Waals surface area contributed by atoms with E-state index in [1.165, 1.54) is 18.2 Å². The second-order valence-electron chi connectivity index (χ2n) is 4.62. The summed E-state index contributed by atoms with van der Waals surface area (Å²) in [7, 11) is 0. The largest absolute Gasteiger partial charge is 0.490 e. The molecule has 0 aromatic heterocycles. The molecule has 0 aliphatic heterocycles. The third-order valence-corrected chi connectivity index (χ3v) is 3.23. The van der Waals surface area contributed by atoms with Gasteiger partial charge in [-0.15, -0.1) is 0 Å². The van der Waals surface area contributed by atoms with Crippen molar-refractivity contribution in [3.8, 4) is 5.75 Å². The van der Waals surface area contributed by atoms with Gasteiger partial charge in [0.05, 0.1) is 11.6 Å². The molecule has 0 aliphatic rings. The van der Waals surface area contributed by atoms with Crippen LogP contribution in [0.2, 0.25) is 5.02 Å². The number of rotatable bonds is 5. The Labute approximate surface area is 133 Å². The van der Waals surface area contributed by atoms with Crippen LogP contribution in [0.25, 0.3) is 0 Å². The first-order valence-corrected chi connectivity index (χ1v) is 7.12. The molecule has 0 heterocycles. The predicted octanol–water partition coefficient (Wildman–Crippen LogP) is 3.99. The molecule has 0 aliphatic carbocycles. The zero-order chi connectivity index (χ0) is 15.9. The number of hydrogen-bond acceptors (Lipinski definition) is 2. The van der Waals surface area contributed by atoms with Crippen molar-refractivity contribution in [3.05, 3.63) is 58.9 Å². The third-order valence-electron chi connectivity index (χ3n) is 2.93. The van der Waals surface area contributed by atoms with E-state index in [2.05, 4.69) is 10.6 Å². The van der Waals surface area contributed by atoms with Crippen LogP contribution in [0.4, 0.5) is 14.9 Å². The summed E-state index contributed by atoms with van der Waals surface area (Å²) >= 11 is 5.83. The Morgan fingerprint density at radius 2 is 2.05 bits per heavy atom. The van der Waals surface area contributed by atoms with Gasteiger partial charge in [-0.25, -0.2) is 9.18 Å². The Morgan fingerprint density at radius 1 is 1.27 bits per heavy atom. The molecule has 0 bridgehead atoms. The summed E-state index contributed by atoms with van der Waals surface area (Å²) < 4.78 is 18.3. The van der Waals surface area contributed by atoms with Crippen molar-refractivity contribution < 1.29 is 13.9 Å². The summed E-state index contributed by atoms with van der Waals surface area (Å²) in [6.07, 6.45) is 0. The second kappa shape index (κ2) is 7.66. The molecule has 22 heavy (non-hydrogen) atoms. The number of benzene rings is 2. The summed E-state index contributed by atoms with van der Waals surface area (Å²) in [6.45, 7) is 2.44. The first-order chi connectivity index (χ1) is 10.6. The molecule has 2 amide bonds. The van der Waals surface area contributed by atoms with Gasteiger partial charge in [-0.05, 0) is 36.8 Å². The van der Waals surface area contributed by atoms with Gasteiger partial charge in [0.25, 0.3) is 0 Å². The zero-order valence-electron chi connectivity index (χ0n) is 12.0. The van der Waals surface area contributed by atoms with E-state index in [1.807, 2.05) is 31.2 Å². The highest BCUT2D eigenvalue weighted by atomic mass is 35.5. The minimum atomic E-state index is -0.423. The number of nitrogens with one attached hydrogen (secondary N) is 2. The molecular formula is C16H16ClFN2O2. The highest BCUT2D eigenvalue weighted by Crippen LogP contribution is 2.24. The molecular weight excluding hydrogens is 307 g/mol. The minimum absolute atomic E-state index is 0.198. The number of carbonyl (C=O) groups is 1. The Hall–Kier alpha value is -2.27. The number of ether oxygens (including phenoxy) is 1. The monoisotopic (exact) mass is 322 g/mol. The molecule has 0 saturated heterocycles.